The predicted octanol–water partition coefficient (Wildman–Crippen LogP) is 6.10. The number of aryl methyl sites for hydroxylation is 1. The summed E-state index contributed by atoms with van der Waals surface area (Å²) >= 11 is 0. The van der Waals surface area contributed by atoms with Gasteiger partial charge in [-0.2, -0.15) is 0 Å². The van der Waals surface area contributed by atoms with Crippen molar-refractivity contribution in [1.29, 1.82) is 0 Å². The summed E-state index contributed by atoms with van der Waals surface area (Å²) in [4.78, 5) is 24.2. The zero-order valence-corrected chi connectivity index (χ0v) is 24.8. The van der Waals surface area contributed by atoms with Gasteiger partial charge in [-0.25, -0.2) is 0 Å². The van der Waals surface area contributed by atoms with Crippen LogP contribution in [0.25, 0.3) is 10.8 Å². The number of unbranched alkanes of at least 4 members (excludes halogenated alkanes) is 1. The summed E-state index contributed by atoms with van der Waals surface area (Å²) in [6, 6.07) is 12.3. The number of rotatable bonds is 19. The van der Waals surface area contributed by atoms with Gasteiger partial charge in [-0.05, 0) is 49.4 Å². The minimum absolute atomic E-state index is 0.149. The highest BCUT2D eigenvalue weighted by atomic mass is 33.1. The Hall–Kier alpha value is -1.78. The summed E-state index contributed by atoms with van der Waals surface area (Å²) in [6.45, 7) is 6.79. The third-order valence-electron chi connectivity index (χ3n) is 6.46. The maximum atomic E-state index is 12.4. The lowest BCUT2D eigenvalue weighted by molar-refractivity contribution is -0.147. The summed E-state index contributed by atoms with van der Waals surface area (Å²) in [6.07, 6.45) is 4.94. The predicted molar refractivity (Wildman–Crippen MR) is 158 cm³/mol. The number of hydrogen-bond donors (Lipinski definition) is 0. The van der Waals surface area contributed by atoms with E-state index in [1.807, 2.05) is 46.7 Å². The molecule has 0 aromatic heterocycles. The SMILES string of the molecule is Cc1ccc2cc(C(C)C(=O)OCCOCCOCCOCCOC(=O)CCCCC3CCSS3)ccc2c1. The summed E-state index contributed by atoms with van der Waals surface area (Å²) in [5.41, 5.74) is 2.15. The van der Waals surface area contributed by atoms with E-state index < -0.39 is 0 Å². The first-order chi connectivity index (χ1) is 19.0. The summed E-state index contributed by atoms with van der Waals surface area (Å²) < 4.78 is 27.0. The second-order valence-corrected chi connectivity index (χ2v) is 12.4. The molecular formula is C30H42O7S2. The van der Waals surface area contributed by atoms with Crippen LogP contribution in [0, 0.1) is 6.92 Å². The molecule has 0 bridgehead atoms. The van der Waals surface area contributed by atoms with Crippen LogP contribution in [-0.2, 0) is 33.3 Å². The van der Waals surface area contributed by atoms with Gasteiger partial charge in [-0.3, -0.25) is 9.59 Å². The molecule has 2 unspecified atom stereocenters. The van der Waals surface area contributed by atoms with Crippen LogP contribution < -0.4 is 0 Å². The number of hydrogen-bond acceptors (Lipinski definition) is 9. The average molecular weight is 579 g/mol. The topological polar surface area (TPSA) is 80.3 Å². The van der Waals surface area contributed by atoms with Crippen molar-refractivity contribution in [2.75, 3.05) is 58.6 Å². The van der Waals surface area contributed by atoms with E-state index in [0.29, 0.717) is 46.1 Å². The van der Waals surface area contributed by atoms with E-state index >= 15 is 0 Å². The monoisotopic (exact) mass is 578 g/mol. The Bertz CT molecular complexity index is 1010. The third-order valence-corrected chi connectivity index (χ3v) is 9.47. The number of benzene rings is 2. The van der Waals surface area contributed by atoms with Crippen LogP contribution in [0.5, 0.6) is 0 Å². The fourth-order valence-electron chi connectivity index (χ4n) is 4.15. The highest BCUT2D eigenvalue weighted by Gasteiger charge is 2.17. The highest BCUT2D eigenvalue weighted by molar-refractivity contribution is 8.77. The molecule has 2 atom stereocenters. The number of carbonyl (C=O) groups excluding carboxylic acids is 2. The molecule has 0 spiro atoms. The average Bonchev–Trinajstić information content (AvgIpc) is 3.46. The summed E-state index contributed by atoms with van der Waals surface area (Å²) in [5.74, 6) is 0.501. The molecule has 7 nitrogen and oxygen atoms in total. The van der Waals surface area contributed by atoms with Gasteiger partial charge in [0.05, 0.1) is 45.6 Å². The van der Waals surface area contributed by atoms with Crippen molar-refractivity contribution in [3.63, 3.8) is 0 Å². The van der Waals surface area contributed by atoms with Crippen molar-refractivity contribution in [2.24, 2.45) is 0 Å². The zero-order chi connectivity index (χ0) is 27.7. The first kappa shape index (κ1) is 31.7. The van der Waals surface area contributed by atoms with Gasteiger partial charge < -0.3 is 23.7 Å². The van der Waals surface area contributed by atoms with E-state index in [2.05, 4.69) is 25.1 Å². The van der Waals surface area contributed by atoms with Crippen LogP contribution in [0.1, 0.15) is 56.1 Å². The second-order valence-electron chi connectivity index (χ2n) is 9.63. The van der Waals surface area contributed by atoms with Gasteiger partial charge in [-0.1, -0.05) is 70.0 Å². The minimum atomic E-state index is -0.340. The number of carbonyl (C=O) groups is 2. The normalized spacial score (nSPS) is 15.9. The van der Waals surface area contributed by atoms with Crippen LogP contribution in [-0.4, -0.2) is 75.8 Å². The molecule has 39 heavy (non-hydrogen) atoms. The van der Waals surface area contributed by atoms with E-state index in [1.54, 1.807) is 0 Å². The van der Waals surface area contributed by atoms with Gasteiger partial charge in [-0.15, -0.1) is 0 Å². The number of fused-ring (bicyclic) bond motifs is 1. The van der Waals surface area contributed by atoms with Crippen LogP contribution >= 0.6 is 21.6 Å². The Morgan fingerprint density at radius 1 is 0.846 bits per heavy atom. The van der Waals surface area contributed by atoms with Crippen LogP contribution in [0.3, 0.4) is 0 Å². The van der Waals surface area contributed by atoms with Crippen LogP contribution in [0.4, 0.5) is 0 Å². The summed E-state index contributed by atoms with van der Waals surface area (Å²) in [5, 5.41) is 3.04. The van der Waals surface area contributed by atoms with E-state index in [0.717, 1.165) is 34.4 Å². The fraction of sp³-hybridized carbons (Fsp3) is 0.600. The molecule has 0 amide bonds. The van der Waals surface area contributed by atoms with Crippen molar-refractivity contribution >= 4 is 44.3 Å². The Labute approximate surface area is 240 Å². The first-order valence-electron chi connectivity index (χ1n) is 13.9. The molecule has 1 saturated heterocycles. The van der Waals surface area contributed by atoms with Crippen LogP contribution in [0.15, 0.2) is 36.4 Å². The molecule has 0 radical (unpaired) electrons. The van der Waals surface area contributed by atoms with Gasteiger partial charge in [0, 0.05) is 17.4 Å². The van der Waals surface area contributed by atoms with Gasteiger partial charge in [0.1, 0.15) is 13.2 Å². The van der Waals surface area contributed by atoms with Crippen molar-refractivity contribution in [1.82, 2.24) is 0 Å². The minimum Gasteiger partial charge on any atom is -0.463 e. The molecule has 0 saturated carbocycles. The largest absolute Gasteiger partial charge is 0.463 e. The van der Waals surface area contributed by atoms with Crippen molar-refractivity contribution in [3.8, 4) is 0 Å². The van der Waals surface area contributed by atoms with E-state index in [4.69, 9.17) is 23.7 Å². The van der Waals surface area contributed by atoms with Gasteiger partial charge in [0.15, 0.2) is 0 Å². The molecule has 2 aromatic carbocycles. The lowest BCUT2D eigenvalue weighted by atomic mass is 9.97. The molecule has 3 rings (SSSR count). The van der Waals surface area contributed by atoms with E-state index in [9.17, 15) is 9.59 Å². The smallest absolute Gasteiger partial charge is 0.313 e. The maximum absolute atomic E-state index is 12.4. The van der Waals surface area contributed by atoms with E-state index in [1.165, 1.54) is 24.2 Å². The molecule has 1 aliphatic heterocycles. The van der Waals surface area contributed by atoms with Crippen molar-refractivity contribution in [2.45, 2.75) is 57.1 Å². The Morgan fingerprint density at radius 2 is 1.49 bits per heavy atom. The van der Waals surface area contributed by atoms with Crippen LogP contribution in [0.2, 0.25) is 0 Å². The van der Waals surface area contributed by atoms with E-state index in [-0.39, 0.29) is 31.1 Å². The number of ether oxygens (including phenoxy) is 5. The Balaban J connectivity index is 1.09. The lowest BCUT2D eigenvalue weighted by Crippen LogP contribution is -2.17. The molecule has 0 N–H and O–H groups in total. The molecule has 2 aromatic rings. The van der Waals surface area contributed by atoms with Gasteiger partial charge in [0.2, 0.25) is 0 Å². The quantitative estimate of drug-likeness (QED) is 0.112. The lowest BCUT2D eigenvalue weighted by Gasteiger charge is -2.13. The Morgan fingerprint density at radius 3 is 2.18 bits per heavy atom. The molecule has 9 heteroatoms. The fourth-order valence-corrected chi connectivity index (χ4v) is 7.18. The van der Waals surface area contributed by atoms with Crippen molar-refractivity contribution in [3.05, 3.63) is 47.5 Å². The molecule has 216 valence electrons. The standard InChI is InChI=1S/C30H42O7S2/c1-23-7-8-27-22-25(9-10-26(27)21-23)24(2)30(32)37-19-17-35-15-13-33-12-14-34-16-18-36-29(31)6-4-3-5-28-11-20-38-39-28/h7-10,21-22,24,28H,3-6,11-20H2,1-2H3. The first-order valence-corrected chi connectivity index (χ1v) is 16.2. The molecule has 1 aliphatic rings. The van der Waals surface area contributed by atoms with Gasteiger partial charge >= 0.3 is 11.9 Å². The molecule has 0 aliphatic carbocycles. The van der Waals surface area contributed by atoms with Gasteiger partial charge in [0.25, 0.3) is 0 Å². The maximum Gasteiger partial charge on any atom is 0.313 e. The van der Waals surface area contributed by atoms with Crippen molar-refractivity contribution < 1.29 is 33.3 Å². The highest BCUT2D eigenvalue weighted by Crippen LogP contribution is 2.39. The molecular weight excluding hydrogens is 536 g/mol. The zero-order valence-electron chi connectivity index (χ0n) is 23.2. The summed E-state index contributed by atoms with van der Waals surface area (Å²) in [7, 11) is 3.94. The third kappa shape index (κ3) is 12.5. The number of esters is 2. The molecule has 1 fully saturated rings. The second kappa shape index (κ2) is 18.5. The Kier molecular flexibility index (Phi) is 15.1. The molecule has 1 heterocycles.